The van der Waals surface area contributed by atoms with Crippen LogP contribution < -0.4 is 5.73 Å². The molecule has 2 unspecified atom stereocenters. The van der Waals surface area contributed by atoms with Crippen LogP contribution in [0.1, 0.15) is 70.0 Å². The monoisotopic (exact) mass is 295 g/mol. The third kappa shape index (κ3) is 5.92. The zero-order valence-electron chi connectivity index (χ0n) is 12.6. The highest BCUT2D eigenvalue weighted by Crippen LogP contribution is 2.27. The van der Waals surface area contributed by atoms with Crippen LogP contribution >= 0.6 is 11.8 Å². The van der Waals surface area contributed by atoms with Crippen molar-refractivity contribution < 1.29 is 4.42 Å². The summed E-state index contributed by atoms with van der Waals surface area (Å²) in [5, 5.41) is 0.597. The van der Waals surface area contributed by atoms with Gasteiger partial charge in [0.05, 0.1) is 12.0 Å². The smallest absolute Gasteiger partial charge is 0.113 e. The molecule has 1 aliphatic rings. The van der Waals surface area contributed by atoms with Gasteiger partial charge in [-0.1, -0.05) is 51.4 Å². The lowest BCUT2D eigenvalue weighted by molar-refractivity contribution is 0.472. The Kier molecular flexibility index (Phi) is 7.60. The van der Waals surface area contributed by atoms with Crippen LogP contribution in [0.4, 0.5) is 0 Å². The minimum atomic E-state index is 0.356. The molecule has 2 N–H and O–H groups in total. The van der Waals surface area contributed by atoms with Gasteiger partial charge in [-0.25, -0.2) is 0 Å². The van der Waals surface area contributed by atoms with Crippen LogP contribution in [0.3, 0.4) is 0 Å². The summed E-state index contributed by atoms with van der Waals surface area (Å²) in [6, 6.07) is 4.39. The maximum Gasteiger partial charge on any atom is 0.113 e. The summed E-state index contributed by atoms with van der Waals surface area (Å²) in [6.45, 7) is 0. The second-order valence-corrected chi connectivity index (χ2v) is 7.23. The van der Waals surface area contributed by atoms with Crippen molar-refractivity contribution in [3.8, 4) is 0 Å². The van der Waals surface area contributed by atoms with E-state index in [9.17, 15) is 0 Å². The van der Waals surface area contributed by atoms with Crippen molar-refractivity contribution in [2.24, 2.45) is 5.73 Å². The van der Waals surface area contributed by atoms with Gasteiger partial charge in [0.25, 0.3) is 0 Å². The molecule has 1 aromatic rings. The van der Waals surface area contributed by atoms with E-state index in [1.54, 1.807) is 6.26 Å². The van der Waals surface area contributed by atoms with E-state index in [0.29, 0.717) is 11.3 Å². The molecule has 0 spiro atoms. The Balaban J connectivity index is 1.80. The fourth-order valence-electron chi connectivity index (χ4n) is 2.98. The maximum absolute atomic E-state index is 6.45. The van der Waals surface area contributed by atoms with Crippen molar-refractivity contribution >= 4 is 11.8 Å². The van der Waals surface area contributed by atoms with Gasteiger partial charge in [0.2, 0.25) is 0 Å². The standard InChI is InChI=1S/C17H29NOS/c18-16-11-7-5-3-1-2-4-6-8-12-17(16)20-14-15-10-9-13-19-15/h9-10,13,16-17H,1-8,11-12,14,18H2. The number of hydrogen-bond acceptors (Lipinski definition) is 3. The lowest BCUT2D eigenvalue weighted by Gasteiger charge is -2.24. The fraction of sp³-hybridized carbons (Fsp3) is 0.765. The average molecular weight is 295 g/mol. The van der Waals surface area contributed by atoms with Crippen molar-refractivity contribution in [1.82, 2.24) is 0 Å². The first-order valence-corrected chi connectivity index (χ1v) is 9.31. The van der Waals surface area contributed by atoms with Gasteiger partial charge < -0.3 is 10.2 Å². The molecule has 2 nitrogen and oxygen atoms in total. The largest absolute Gasteiger partial charge is 0.468 e. The van der Waals surface area contributed by atoms with Gasteiger partial charge >= 0.3 is 0 Å². The van der Waals surface area contributed by atoms with Crippen LogP contribution in [-0.4, -0.2) is 11.3 Å². The summed E-state index contributed by atoms with van der Waals surface area (Å²) in [7, 11) is 0. The molecule has 0 saturated heterocycles. The van der Waals surface area contributed by atoms with E-state index in [0.717, 1.165) is 11.5 Å². The summed E-state index contributed by atoms with van der Waals surface area (Å²) in [5.41, 5.74) is 6.45. The predicted octanol–water partition coefficient (Wildman–Crippen LogP) is 5.12. The molecule has 1 saturated carbocycles. The predicted molar refractivity (Wildman–Crippen MR) is 87.9 cm³/mol. The Bertz CT molecular complexity index is 339. The molecule has 0 amide bonds. The quantitative estimate of drug-likeness (QED) is 0.841. The van der Waals surface area contributed by atoms with Crippen LogP contribution in [0.15, 0.2) is 22.8 Å². The molecule has 2 rings (SSSR count). The molecular formula is C17H29NOS. The minimum Gasteiger partial charge on any atom is -0.468 e. The summed E-state index contributed by atoms with van der Waals surface area (Å²) >= 11 is 2.00. The van der Waals surface area contributed by atoms with Gasteiger partial charge in [0.1, 0.15) is 5.76 Å². The summed E-state index contributed by atoms with van der Waals surface area (Å²) < 4.78 is 5.44. The molecule has 1 aliphatic carbocycles. The first-order chi connectivity index (χ1) is 9.86. The number of thioether (sulfide) groups is 1. The molecule has 0 radical (unpaired) electrons. The second-order valence-electron chi connectivity index (χ2n) is 6.00. The van der Waals surface area contributed by atoms with Crippen molar-refractivity contribution in [3.05, 3.63) is 24.2 Å². The Hall–Kier alpha value is -0.410. The fourth-order valence-corrected chi connectivity index (χ4v) is 4.24. The molecule has 0 aromatic carbocycles. The van der Waals surface area contributed by atoms with E-state index in [1.807, 2.05) is 17.8 Å². The zero-order chi connectivity index (χ0) is 14.0. The van der Waals surface area contributed by atoms with Gasteiger partial charge in [0, 0.05) is 11.3 Å². The molecule has 3 heteroatoms. The van der Waals surface area contributed by atoms with Gasteiger partial charge in [-0.2, -0.15) is 0 Å². The first-order valence-electron chi connectivity index (χ1n) is 8.26. The number of furan rings is 1. The molecule has 0 aliphatic heterocycles. The minimum absolute atomic E-state index is 0.356. The van der Waals surface area contributed by atoms with E-state index in [2.05, 4.69) is 6.07 Å². The van der Waals surface area contributed by atoms with E-state index in [1.165, 1.54) is 64.2 Å². The molecule has 0 bridgehead atoms. The highest BCUT2D eigenvalue weighted by molar-refractivity contribution is 7.99. The lowest BCUT2D eigenvalue weighted by Crippen LogP contribution is -2.32. The number of rotatable bonds is 3. The highest BCUT2D eigenvalue weighted by atomic mass is 32.2. The molecular weight excluding hydrogens is 266 g/mol. The second kappa shape index (κ2) is 9.51. The zero-order valence-corrected chi connectivity index (χ0v) is 13.4. The molecule has 114 valence electrons. The molecule has 1 aromatic heterocycles. The Morgan fingerprint density at radius 3 is 2.30 bits per heavy atom. The third-order valence-electron chi connectivity index (χ3n) is 4.27. The van der Waals surface area contributed by atoms with Gasteiger partial charge in [0.15, 0.2) is 0 Å². The van der Waals surface area contributed by atoms with Gasteiger partial charge in [-0.05, 0) is 25.0 Å². The van der Waals surface area contributed by atoms with E-state index >= 15 is 0 Å². The van der Waals surface area contributed by atoms with E-state index in [-0.39, 0.29) is 0 Å². The first kappa shape index (κ1) is 16.0. The third-order valence-corrected chi connectivity index (χ3v) is 5.74. The van der Waals surface area contributed by atoms with Crippen LogP contribution in [0.5, 0.6) is 0 Å². The molecule has 2 atom stereocenters. The van der Waals surface area contributed by atoms with E-state index in [4.69, 9.17) is 10.2 Å². The van der Waals surface area contributed by atoms with Crippen LogP contribution in [0.2, 0.25) is 0 Å². The topological polar surface area (TPSA) is 39.2 Å². The van der Waals surface area contributed by atoms with Crippen molar-refractivity contribution in [2.45, 2.75) is 81.3 Å². The van der Waals surface area contributed by atoms with Crippen molar-refractivity contribution in [1.29, 1.82) is 0 Å². The Labute approximate surface area is 127 Å². The lowest BCUT2D eigenvalue weighted by atomic mass is 9.98. The summed E-state index contributed by atoms with van der Waals surface area (Å²) in [6.07, 6.45) is 15.3. The number of hydrogen-bond donors (Lipinski definition) is 1. The van der Waals surface area contributed by atoms with Gasteiger partial charge in [-0.15, -0.1) is 11.8 Å². The number of nitrogens with two attached hydrogens (primary N) is 1. The van der Waals surface area contributed by atoms with Crippen molar-refractivity contribution in [2.75, 3.05) is 0 Å². The summed E-state index contributed by atoms with van der Waals surface area (Å²) in [4.78, 5) is 0. The SMILES string of the molecule is NC1CCCCCCCCCCC1SCc1ccco1. The Morgan fingerprint density at radius 2 is 1.65 bits per heavy atom. The highest BCUT2D eigenvalue weighted by Gasteiger charge is 2.18. The molecule has 1 fully saturated rings. The summed E-state index contributed by atoms with van der Waals surface area (Å²) in [5.74, 6) is 2.04. The van der Waals surface area contributed by atoms with Crippen LogP contribution in [0.25, 0.3) is 0 Å². The van der Waals surface area contributed by atoms with Crippen LogP contribution in [-0.2, 0) is 5.75 Å². The van der Waals surface area contributed by atoms with Gasteiger partial charge in [-0.3, -0.25) is 0 Å². The normalized spacial score (nSPS) is 26.6. The Morgan fingerprint density at radius 1 is 1.00 bits per heavy atom. The molecule has 20 heavy (non-hydrogen) atoms. The van der Waals surface area contributed by atoms with Crippen LogP contribution in [0, 0.1) is 0 Å². The average Bonchev–Trinajstić information content (AvgIpc) is 2.95. The maximum atomic E-state index is 6.45. The van der Waals surface area contributed by atoms with Crippen molar-refractivity contribution in [3.63, 3.8) is 0 Å². The molecule has 1 heterocycles. The van der Waals surface area contributed by atoms with E-state index < -0.39 is 0 Å².